The number of benzene rings is 1. The Morgan fingerprint density at radius 2 is 1.95 bits per heavy atom. The summed E-state index contributed by atoms with van der Waals surface area (Å²) in [6, 6.07) is 12.5. The molecule has 1 heterocycles. The molecule has 0 aliphatic heterocycles. The molecule has 1 atom stereocenters. The molecule has 0 saturated carbocycles. The van der Waals surface area contributed by atoms with Crippen molar-refractivity contribution in [3.8, 4) is 5.75 Å². The second-order valence-corrected chi connectivity index (χ2v) is 4.82. The van der Waals surface area contributed by atoms with E-state index in [9.17, 15) is 0 Å². The smallest absolute Gasteiger partial charge is 0.124 e. The number of para-hydroxylation sites is 1. The van der Waals surface area contributed by atoms with Crippen molar-refractivity contribution in [3.05, 3.63) is 53.5 Å². The minimum atomic E-state index is 0.267. The van der Waals surface area contributed by atoms with Gasteiger partial charge in [0, 0.05) is 11.6 Å². The van der Waals surface area contributed by atoms with Crippen molar-refractivity contribution in [2.75, 3.05) is 6.61 Å². The molecule has 1 aromatic carbocycles. The van der Waals surface area contributed by atoms with Crippen LogP contribution in [0.5, 0.6) is 5.75 Å². The summed E-state index contributed by atoms with van der Waals surface area (Å²) in [6.45, 7) is 7.56. The molecule has 2 rings (SSSR count). The maximum atomic E-state index is 5.71. The van der Waals surface area contributed by atoms with Gasteiger partial charge in [0.15, 0.2) is 0 Å². The van der Waals surface area contributed by atoms with Gasteiger partial charge in [-0.3, -0.25) is 0 Å². The largest absolute Gasteiger partial charge is 0.494 e. The van der Waals surface area contributed by atoms with Gasteiger partial charge in [-0.2, -0.15) is 0 Å². The van der Waals surface area contributed by atoms with E-state index in [2.05, 4.69) is 24.4 Å². The van der Waals surface area contributed by atoms with Gasteiger partial charge >= 0.3 is 0 Å². The van der Waals surface area contributed by atoms with Gasteiger partial charge in [0.25, 0.3) is 0 Å². The molecule has 1 N–H and O–H groups in total. The zero-order valence-corrected chi connectivity index (χ0v) is 12.5. The first-order chi connectivity index (χ1) is 9.74. The molecular weight excluding hydrogens is 250 g/mol. The topological polar surface area (TPSA) is 34.4 Å². The molecule has 0 spiro atoms. The van der Waals surface area contributed by atoms with Gasteiger partial charge in [0.1, 0.15) is 17.3 Å². The molecule has 3 heteroatoms. The van der Waals surface area contributed by atoms with Crippen molar-refractivity contribution in [2.45, 2.75) is 39.8 Å². The fraction of sp³-hybridized carbons (Fsp3) is 0.412. The van der Waals surface area contributed by atoms with Gasteiger partial charge in [-0.25, -0.2) is 0 Å². The average molecular weight is 273 g/mol. The van der Waals surface area contributed by atoms with Crippen LogP contribution in [-0.2, 0) is 6.54 Å². The molecule has 20 heavy (non-hydrogen) atoms. The van der Waals surface area contributed by atoms with Crippen molar-refractivity contribution in [2.24, 2.45) is 0 Å². The first-order valence-electron chi connectivity index (χ1n) is 7.25. The van der Waals surface area contributed by atoms with E-state index in [1.807, 2.05) is 38.1 Å². The van der Waals surface area contributed by atoms with Gasteiger partial charge in [-0.05, 0) is 38.5 Å². The lowest BCUT2D eigenvalue weighted by atomic mass is 10.0. The molecule has 0 saturated heterocycles. The Bertz CT molecular complexity index is 533. The molecule has 0 bridgehead atoms. The Labute approximate surface area is 121 Å². The number of ether oxygens (including phenoxy) is 1. The second-order valence-electron chi connectivity index (χ2n) is 4.82. The standard InChI is InChI=1S/C17H23NO2/c1-4-16(18-12-14-11-10-13(3)20-14)15-8-6-7-9-17(15)19-5-2/h6-11,16,18H,4-5,12H2,1-3H3. The molecule has 0 amide bonds. The van der Waals surface area contributed by atoms with Crippen LogP contribution in [0.3, 0.4) is 0 Å². The summed E-state index contributed by atoms with van der Waals surface area (Å²) in [4.78, 5) is 0. The molecular formula is C17H23NO2. The van der Waals surface area contributed by atoms with Gasteiger partial charge < -0.3 is 14.5 Å². The third-order valence-corrected chi connectivity index (χ3v) is 3.32. The molecule has 1 aromatic heterocycles. The normalized spacial score (nSPS) is 12.3. The second kappa shape index (κ2) is 7.15. The van der Waals surface area contributed by atoms with Crippen LogP contribution < -0.4 is 10.1 Å². The maximum absolute atomic E-state index is 5.71. The first-order valence-corrected chi connectivity index (χ1v) is 7.25. The van der Waals surface area contributed by atoms with Crippen LogP contribution in [0, 0.1) is 6.92 Å². The molecule has 108 valence electrons. The summed E-state index contributed by atoms with van der Waals surface area (Å²) in [5.74, 6) is 2.88. The van der Waals surface area contributed by atoms with E-state index in [0.29, 0.717) is 6.61 Å². The summed E-state index contributed by atoms with van der Waals surface area (Å²) in [7, 11) is 0. The summed E-state index contributed by atoms with van der Waals surface area (Å²) in [5.41, 5.74) is 1.21. The lowest BCUT2D eigenvalue weighted by Crippen LogP contribution is -2.20. The highest BCUT2D eigenvalue weighted by molar-refractivity contribution is 5.36. The third-order valence-electron chi connectivity index (χ3n) is 3.32. The fourth-order valence-electron chi connectivity index (χ4n) is 2.33. The molecule has 0 radical (unpaired) electrons. The van der Waals surface area contributed by atoms with E-state index >= 15 is 0 Å². The molecule has 3 nitrogen and oxygen atoms in total. The highest BCUT2D eigenvalue weighted by atomic mass is 16.5. The number of nitrogens with one attached hydrogen (secondary N) is 1. The highest BCUT2D eigenvalue weighted by Crippen LogP contribution is 2.27. The summed E-state index contributed by atoms with van der Waals surface area (Å²) >= 11 is 0. The van der Waals surface area contributed by atoms with Crippen LogP contribution in [0.2, 0.25) is 0 Å². The zero-order chi connectivity index (χ0) is 14.4. The van der Waals surface area contributed by atoms with Crippen molar-refractivity contribution in [3.63, 3.8) is 0 Å². The van der Waals surface area contributed by atoms with E-state index in [-0.39, 0.29) is 6.04 Å². The number of furan rings is 1. The Kier molecular flexibility index (Phi) is 5.24. The number of rotatable bonds is 7. The maximum Gasteiger partial charge on any atom is 0.124 e. The molecule has 1 unspecified atom stereocenters. The fourth-order valence-corrected chi connectivity index (χ4v) is 2.33. The monoisotopic (exact) mass is 273 g/mol. The minimum absolute atomic E-state index is 0.267. The number of hydrogen-bond donors (Lipinski definition) is 1. The quantitative estimate of drug-likeness (QED) is 0.820. The SMILES string of the molecule is CCOc1ccccc1C(CC)NCc1ccc(C)o1. The summed E-state index contributed by atoms with van der Waals surface area (Å²) < 4.78 is 11.3. The van der Waals surface area contributed by atoms with Crippen molar-refractivity contribution in [1.82, 2.24) is 5.32 Å². The number of aryl methyl sites for hydroxylation is 1. The van der Waals surface area contributed by atoms with E-state index in [0.717, 1.165) is 30.2 Å². The van der Waals surface area contributed by atoms with Crippen LogP contribution in [0.25, 0.3) is 0 Å². The van der Waals surface area contributed by atoms with Gasteiger partial charge in [0.05, 0.1) is 13.2 Å². The first kappa shape index (κ1) is 14.7. The van der Waals surface area contributed by atoms with Crippen LogP contribution in [0.15, 0.2) is 40.8 Å². The Hall–Kier alpha value is -1.74. The lowest BCUT2D eigenvalue weighted by molar-refractivity contribution is 0.329. The minimum Gasteiger partial charge on any atom is -0.494 e. The predicted molar refractivity (Wildman–Crippen MR) is 80.9 cm³/mol. The lowest BCUT2D eigenvalue weighted by Gasteiger charge is -2.20. The van der Waals surface area contributed by atoms with E-state index in [4.69, 9.17) is 9.15 Å². The van der Waals surface area contributed by atoms with Crippen molar-refractivity contribution in [1.29, 1.82) is 0 Å². The average Bonchev–Trinajstić information content (AvgIpc) is 2.87. The van der Waals surface area contributed by atoms with Crippen LogP contribution >= 0.6 is 0 Å². The van der Waals surface area contributed by atoms with Crippen LogP contribution in [0.4, 0.5) is 0 Å². The van der Waals surface area contributed by atoms with E-state index in [1.54, 1.807) is 0 Å². The van der Waals surface area contributed by atoms with Crippen LogP contribution in [0.1, 0.15) is 43.4 Å². The Morgan fingerprint density at radius 3 is 2.60 bits per heavy atom. The summed E-state index contributed by atoms with van der Waals surface area (Å²) in [5, 5.41) is 3.54. The molecule has 0 aliphatic rings. The van der Waals surface area contributed by atoms with Crippen molar-refractivity contribution >= 4 is 0 Å². The Morgan fingerprint density at radius 1 is 1.15 bits per heavy atom. The molecule has 2 aromatic rings. The van der Waals surface area contributed by atoms with Gasteiger partial charge in [0.2, 0.25) is 0 Å². The molecule has 0 aliphatic carbocycles. The van der Waals surface area contributed by atoms with E-state index in [1.165, 1.54) is 5.56 Å². The van der Waals surface area contributed by atoms with E-state index < -0.39 is 0 Å². The van der Waals surface area contributed by atoms with Crippen molar-refractivity contribution < 1.29 is 9.15 Å². The van der Waals surface area contributed by atoms with Crippen LogP contribution in [-0.4, -0.2) is 6.61 Å². The summed E-state index contributed by atoms with van der Waals surface area (Å²) in [6.07, 6.45) is 1.00. The number of hydrogen-bond acceptors (Lipinski definition) is 3. The Balaban J connectivity index is 2.07. The molecule has 0 fully saturated rings. The van der Waals surface area contributed by atoms with Gasteiger partial charge in [-0.1, -0.05) is 25.1 Å². The zero-order valence-electron chi connectivity index (χ0n) is 12.5. The highest BCUT2D eigenvalue weighted by Gasteiger charge is 2.14. The third kappa shape index (κ3) is 3.64. The predicted octanol–water partition coefficient (Wildman–Crippen LogP) is 4.23. The van der Waals surface area contributed by atoms with Gasteiger partial charge in [-0.15, -0.1) is 0 Å².